The zero-order valence-electron chi connectivity index (χ0n) is 13.2. The zero-order valence-corrected chi connectivity index (χ0v) is 14.0. The Hall–Kier alpha value is -1.89. The van der Waals surface area contributed by atoms with Crippen molar-refractivity contribution in [1.82, 2.24) is 10.6 Å². The number of hydrogen-bond donors (Lipinski definition) is 2. The van der Waals surface area contributed by atoms with Gasteiger partial charge in [0.2, 0.25) is 11.8 Å². The van der Waals surface area contributed by atoms with Crippen LogP contribution >= 0.6 is 0 Å². The first-order valence-corrected chi connectivity index (χ1v) is 9.37. The summed E-state index contributed by atoms with van der Waals surface area (Å²) >= 11 is 0. The van der Waals surface area contributed by atoms with Gasteiger partial charge >= 0.3 is 0 Å². The maximum atomic E-state index is 12.1. The van der Waals surface area contributed by atoms with Crippen molar-refractivity contribution < 1.29 is 18.0 Å². The number of amides is 2. The lowest BCUT2D eigenvalue weighted by molar-refractivity contribution is -0.123. The van der Waals surface area contributed by atoms with E-state index in [0.717, 1.165) is 18.4 Å². The number of aryl methyl sites for hydroxylation is 1. The lowest BCUT2D eigenvalue weighted by Crippen LogP contribution is -2.35. The standard InChI is InChI=1S/C16H22N2O4S/c1-12-2-6-14(7-3-12)23(21,22)11-8-15(19)17-9-10-18-16(20)13-4-5-13/h2-3,6-7,13H,4-5,8-11H2,1H3,(H,17,19)(H,18,20). The second kappa shape index (κ2) is 7.59. The maximum Gasteiger partial charge on any atom is 0.223 e. The molecule has 0 radical (unpaired) electrons. The molecule has 2 N–H and O–H groups in total. The van der Waals surface area contributed by atoms with Crippen molar-refractivity contribution in [2.45, 2.75) is 31.1 Å². The summed E-state index contributed by atoms with van der Waals surface area (Å²) in [5.74, 6) is -0.385. The fourth-order valence-corrected chi connectivity index (χ4v) is 3.30. The lowest BCUT2D eigenvalue weighted by atomic mass is 10.2. The van der Waals surface area contributed by atoms with E-state index in [0.29, 0.717) is 13.1 Å². The second-order valence-corrected chi connectivity index (χ2v) is 7.91. The van der Waals surface area contributed by atoms with Crippen molar-refractivity contribution in [2.75, 3.05) is 18.8 Å². The molecule has 1 aliphatic carbocycles. The van der Waals surface area contributed by atoms with E-state index in [2.05, 4.69) is 10.6 Å². The van der Waals surface area contributed by atoms with Gasteiger partial charge in [-0.15, -0.1) is 0 Å². The average molecular weight is 338 g/mol. The van der Waals surface area contributed by atoms with Gasteiger partial charge in [0, 0.05) is 25.4 Å². The van der Waals surface area contributed by atoms with Crippen LogP contribution in [0, 0.1) is 12.8 Å². The highest BCUT2D eigenvalue weighted by Crippen LogP contribution is 2.28. The molecule has 2 rings (SSSR count). The van der Waals surface area contributed by atoms with E-state index in [1.807, 2.05) is 6.92 Å². The summed E-state index contributed by atoms with van der Waals surface area (Å²) < 4.78 is 24.2. The Labute approximate surface area is 136 Å². The van der Waals surface area contributed by atoms with Crippen molar-refractivity contribution >= 4 is 21.7 Å². The molecule has 0 atom stereocenters. The van der Waals surface area contributed by atoms with Crippen LogP contribution in [-0.4, -0.2) is 39.1 Å². The molecule has 1 aliphatic rings. The number of carbonyl (C=O) groups is 2. The minimum atomic E-state index is -3.45. The summed E-state index contributed by atoms with van der Waals surface area (Å²) in [7, 11) is -3.45. The first kappa shape index (κ1) is 17.5. The van der Waals surface area contributed by atoms with Gasteiger partial charge in [-0.05, 0) is 31.9 Å². The summed E-state index contributed by atoms with van der Waals surface area (Å²) in [6.07, 6.45) is 1.79. The number of nitrogens with one attached hydrogen (secondary N) is 2. The predicted molar refractivity (Wildman–Crippen MR) is 86.6 cm³/mol. The highest BCUT2D eigenvalue weighted by atomic mass is 32.2. The summed E-state index contributed by atoms with van der Waals surface area (Å²) in [4.78, 5) is 23.3. The third kappa shape index (κ3) is 5.67. The van der Waals surface area contributed by atoms with Crippen LogP contribution in [0.3, 0.4) is 0 Å². The topological polar surface area (TPSA) is 92.3 Å². The fraction of sp³-hybridized carbons (Fsp3) is 0.500. The first-order chi connectivity index (χ1) is 10.9. The summed E-state index contributed by atoms with van der Waals surface area (Å²) in [6.45, 7) is 2.56. The normalized spacial score (nSPS) is 14.3. The van der Waals surface area contributed by atoms with Crippen molar-refractivity contribution in [3.63, 3.8) is 0 Å². The lowest BCUT2D eigenvalue weighted by Gasteiger charge is -2.07. The van der Waals surface area contributed by atoms with E-state index in [1.165, 1.54) is 0 Å². The number of carbonyl (C=O) groups excluding carboxylic acids is 2. The van der Waals surface area contributed by atoms with Crippen molar-refractivity contribution in [3.8, 4) is 0 Å². The van der Waals surface area contributed by atoms with Gasteiger partial charge in [0.1, 0.15) is 0 Å². The third-order valence-electron chi connectivity index (χ3n) is 3.67. The van der Waals surface area contributed by atoms with Crippen LogP contribution in [0.2, 0.25) is 0 Å². The molecule has 1 aromatic rings. The first-order valence-electron chi connectivity index (χ1n) is 7.72. The number of sulfone groups is 1. The number of benzene rings is 1. The van der Waals surface area contributed by atoms with Crippen LogP contribution in [0.5, 0.6) is 0 Å². The minimum absolute atomic E-state index is 0.0289. The molecular formula is C16H22N2O4S. The van der Waals surface area contributed by atoms with E-state index >= 15 is 0 Å². The molecule has 0 heterocycles. The van der Waals surface area contributed by atoms with Gasteiger partial charge in [0.05, 0.1) is 10.6 Å². The number of rotatable bonds is 8. The fourth-order valence-electron chi connectivity index (χ4n) is 2.06. The van der Waals surface area contributed by atoms with Gasteiger partial charge in [-0.25, -0.2) is 8.42 Å². The van der Waals surface area contributed by atoms with E-state index in [9.17, 15) is 18.0 Å². The Morgan fingerprint density at radius 2 is 1.70 bits per heavy atom. The van der Waals surface area contributed by atoms with Gasteiger partial charge in [0.25, 0.3) is 0 Å². The highest BCUT2D eigenvalue weighted by Gasteiger charge is 2.29. The SMILES string of the molecule is Cc1ccc(S(=O)(=O)CCC(=O)NCCNC(=O)C2CC2)cc1. The largest absolute Gasteiger partial charge is 0.354 e. The molecule has 23 heavy (non-hydrogen) atoms. The maximum absolute atomic E-state index is 12.1. The van der Waals surface area contributed by atoms with E-state index in [-0.39, 0.29) is 34.8 Å². The van der Waals surface area contributed by atoms with Crippen molar-refractivity contribution in [1.29, 1.82) is 0 Å². The zero-order chi connectivity index (χ0) is 16.9. The monoisotopic (exact) mass is 338 g/mol. The summed E-state index contributed by atoms with van der Waals surface area (Å²) in [5.41, 5.74) is 0.981. The molecule has 0 unspecified atom stereocenters. The smallest absolute Gasteiger partial charge is 0.223 e. The van der Waals surface area contributed by atoms with Gasteiger partial charge in [-0.3, -0.25) is 9.59 Å². The molecule has 126 valence electrons. The third-order valence-corrected chi connectivity index (χ3v) is 5.40. The van der Waals surface area contributed by atoms with Gasteiger partial charge in [-0.1, -0.05) is 17.7 Å². The molecule has 1 fully saturated rings. The molecule has 0 bridgehead atoms. The highest BCUT2D eigenvalue weighted by molar-refractivity contribution is 7.91. The Morgan fingerprint density at radius 3 is 2.30 bits per heavy atom. The molecule has 0 saturated heterocycles. The Balaban J connectivity index is 1.68. The molecule has 1 saturated carbocycles. The van der Waals surface area contributed by atoms with Crippen LogP contribution < -0.4 is 10.6 Å². The van der Waals surface area contributed by atoms with Crippen LogP contribution in [0.4, 0.5) is 0 Å². The quantitative estimate of drug-likeness (QED) is 0.686. The molecular weight excluding hydrogens is 316 g/mol. The van der Waals surface area contributed by atoms with Crippen molar-refractivity contribution in [2.24, 2.45) is 5.92 Å². The molecule has 1 aromatic carbocycles. The van der Waals surface area contributed by atoms with Crippen LogP contribution in [0.25, 0.3) is 0 Å². The Morgan fingerprint density at radius 1 is 1.09 bits per heavy atom. The number of hydrogen-bond acceptors (Lipinski definition) is 4. The minimum Gasteiger partial charge on any atom is -0.354 e. The van der Waals surface area contributed by atoms with Crippen LogP contribution in [-0.2, 0) is 19.4 Å². The van der Waals surface area contributed by atoms with Gasteiger partial charge in [-0.2, -0.15) is 0 Å². The molecule has 0 aliphatic heterocycles. The van der Waals surface area contributed by atoms with Crippen molar-refractivity contribution in [3.05, 3.63) is 29.8 Å². The predicted octanol–water partition coefficient (Wildman–Crippen LogP) is 0.801. The summed E-state index contributed by atoms with van der Waals surface area (Å²) in [6, 6.07) is 6.57. The average Bonchev–Trinajstić information content (AvgIpc) is 3.35. The molecule has 7 heteroatoms. The second-order valence-electron chi connectivity index (χ2n) is 5.80. The Bertz CT molecular complexity index is 664. The van der Waals surface area contributed by atoms with E-state index in [1.54, 1.807) is 24.3 Å². The molecule has 0 aromatic heterocycles. The van der Waals surface area contributed by atoms with Crippen LogP contribution in [0.15, 0.2) is 29.2 Å². The Kier molecular flexibility index (Phi) is 5.76. The summed E-state index contributed by atoms with van der Waals surface area (Å²) in [5, 5.41) is 5.34. The van der Waals surface area contributed by atoms with E-state index in [4.69, 9.17) is 0 Å². The van der Waals surface area contributed by atoms with Crippen LogP contribution in [0.1, 0.15) is 24.8 Å². The molecule has 6 nitrogen and oxygen atoms in total. The molecule has 0 spiro atoms. The van der Waals surface area contributed by atoms with Gasteiger partial charge < -0.3 is 10.6 Å². The van der Waals surface area contributed by atoms with Gasteiger partial charge in [0.15, 0.2) is 9.84 Å². The molecule has 2 amide bonds. The van der Waals surface area contributed by atoms with E-state index < -0.39 is 9.84 Å².